The number of nitrogens with zero attached hydrogens (tertiary/aromatic N) is 3. The van der Waals surface area contributed by atoms with Gasteiger partial charge in [-0.25, -0.2) is 4.98 Å². The number of aromatic nitrogens is 3. The van der Waals surface area contributed by atoms with Crippen LogP contribution < -0.4 is 0 Å². The molecule has 2 aromatic heterocycles. The molecule has 0 aliphatic heterocycles. The molecule has 0 atom stereocenters. The normalized spacial score (nSPS) is 10.5. The van der Waals surface area contributed by atoms with E-state index >= 15 is 0 Å². The largest absolute Gasteiger partial charge is 0.262 e. The lowest BCUT2D eigenvalue weighted by molar-refractivity contribution is 1.15. The molecule has 0 saturated heterocycles. The lowest BCUT2D eigenvalue weighted by Gasteiger charge is -1.99. The molecule has 2 rings (SSSR count). The number of aryl methyl sites for hydroxylation is 2. The molecule has 0 N–H and O–H groups in total. The Bertz CT molecular complexity index is 423. The molecule has 12 heavy (non-hydrogen) atoms. The highest BCUT2D eigenvalue weighted by Gasteiger charge is 1.99. The van der Waals surface area contributed by atoms with Gasteiger partial charge >= 0.3 is 0 Å². The van der Waals surface area contributed by atoms with Crippen molar-refractivity contribution in [3.8, 4) is 0 Å². The summed E-state index contributed by atoms with van der Waals surface area (Å²) in [4.78, 5) is 12.6. The summed E-state index contributed by atoms with van der Waals surface area (Å²) in [6.07, 6.45) is 5.29. The van der Waals surface area contributed by atoms with E-state index in [1.165, 1.54) is 0 Å². The van der Waals surface area contributed by atoms with Gasteiger partial charge in [0, 0.05) is 12.4 Å². The lowest BCUT2D eigenvalue weighted by Crippen LogP contribution is -1.90. The van der Waals surface area contributed by atoms with Gasteiger partial charge in [-0.15, -0.1) is 0 Å². The van der Waals surface area contributed by atoms with Crippen molar-refractivity contribution in [2.24, 2.45) is 0 Å². The Morgan fingerprint density at radius 3 is 2.75 bits per heavy atom. The molecule has 0 spiro atoms. The summed E-state index contributed by atoms with van der Waals surface area (Å²) in [5.74, 6) is 0. The van der Waals surface area contributed by atoms with Crippen molar-refractivity contribution in [3.63, 3.8) is 0 Å². The van der Waals surface area contributed by atoms with Crippen molar-refractivity contribution in [1.82, 2.24) is 15.0 Å². The van der Waals surface area contributed by atoms with Gasteiger partial charge in [0.15, 0.2) is 0 Å². The average molecular weight is 159 g/mol. The van der Waals surface area contributed by atoms with Crippen molar-refractivity contribution < 1.29 is 0 Å². The second-order valence-corrected chi connectivity index (χ2v) is 2.84. The fourth-order valence-electron chi connectivity index (χ4n) is 1.15. The molecular weight excluding hydrogens is 150 g/mol. The fourth-order valence-corrected chi connectivity index (χ4v) is 1.15. The van der Waals surface area contributed by atoms with Crippen LogP contribution >= 0.6 is 0 Å². The standard InChI is InChI=1S/C9H9N3/c1-6-3-10-5-8-9(6)12-7(2)4-11-8/h3-5H,1-2H3. The zero-order chi connectivity index (χ0) is 8.55. The maximum absolute atomic E-state index is 4.37. The Morgan fingerprint density at radius 1 is 1.08 bits per heavy atom. The summed E-state index contributed by atoms with van der Waals surface area (Å²) < 4.78 is 0. The average Bonchev–Trinajstić information content (AvgIpc) is 2.07. The third kappa shape index (κ3) is 1.03. The minimum absolute atomic E-state index is 0.862. The number of fused-ring (bicyclic) bond motifs is 1. The Hall–Kier alpha value is -1.51. The molecule has 0 aromatic carbocycles. The van der Waals surface area contributed by atoms with Crippen molar-refractivity contribution in [3.05, 3.63) is 29.8 Å². The van der Waals surface area contributed by atoms with E-state index in [0.29, 0.717) is 0 Å². The van der Waals surface area contributed by atoms with E-state index < -0.39 is 0 Å². The molecule has 2 heterocycles. The van der Waals surface area contributed by atoms with E-state index in [4.69, 9.17) is 0 Å². The van der Waals surface area contributed by atoms with E-state index in [0.717, 1.165) is 22.3 Å². The van der Waals surface area contributed by atoms with Gasteiger partial charge in [-0.3, -0.25) is 9.97 Å². The molecule has 0 amide bonds. The van der Waals surface area contributed by atoms with Crippen LogP contribution in [0.2, 0.25) is 0 Å². The summed E-state index contributed by atoms with van der Waals surface area (Å²) in [6.45, 7) is 3.93. The zero-order valence-electron chi connectivity index (χ0n) is 7.07. The molecule has 0 saturated carbocycles. The fraction of sp³-hybridized carbons (Fsp3) is 0.222. The highest BCUT2D eigenvalue weighted by atomic mass is 14.8. The summed E-state index contributed by atoms with van der Waals surface area (Å²) in [7, 11) is 0. The van der Waals surface area contributed by atoms with Gasteiger partial charge in [-0.05, 0) is 19.4 Å². The summed E-state index contributed by atoms with van der Waals surface area (Å²) in [5.41, 5.74) is 3.83. The van der Waals surface area contributed by atoms with Crippen LogP contribution in [-0.4, -0.2) is 15.0 Å². The predicted molar refractivity (Wildman–Crippen MR) is 46.8 cm³/mol. The lowest BCUT2D eigenvalue weighted by atomic mass is 10.2. The SMILES string of the molecule is Cc1cnc2cncc(C)c2n1. The van der Waals surface area contributed by atoms with E-state index in [1.54, 1.807) is 18.6 Å². The van der Waals surface area contributed by atoms with Gasteiger partial charge in [-0.2, -0.15) is 0 Å². The third-order valence-electron chi connectivity index (χ3n) is 1.76. The molecule has 0 radical (unpaired) electrons. The van der Waals surface area contributed by atoms with Gasteiger partial charge < -0.3 is 0 Å². The Kier molecular flexibility index (Phi) is 1.50. The number of rotatable bonds is 0. The summed E-state index contributed by atoms with van der Waals surface area (Å²) in [5, 5.41) is 0. The van der Waals surface area contributed by atoms with Crippen LogP contribution in [0.15, 0.2) is 18.6 Å². The Morgan fingerprint density at radius 2 is 1.92 bits per heavy atom. The highest BCUT2D eigenvalue weighted by molar-refractivity contribution is 5.76. The number of pyridine rings is 1. The van der Waals surface area contributed by atoms with Crippen LogP contribution in [0.25, 0.3) is 11.0 Å². The maximum Gasteiger partial charge on any atom is 0.107 e. The molecule has 2 aromatic rings. The molecule has 3 heteroatoms. The first-order chi connectivity index (χ1) is 5.77. The second kappa shape index (κ2) is 2.52. The quantitative estimate of drug-likeness (QED) is 0.586. The van der Waals surface area contributed by atoms with Crippen LogP contribution in [0.3, 0.4) is 0 Å². The number of hydrogen-bond acceptors (Lipinski definition) is 3. The molecule has 0 aliphatic rings. The number of hydrogen-bond donors (Lipinski definition) is 0. The monoisotopic (exact) mass is 159 g/mol. The first-order valence-corrected chi connectivity index (χ1v) is 3.81. The molecule has 3 nitrogen and oxygen atoms in total. The smallest absolute Gasteiger partial charge is 0.107 e. The van der Waals surface area contributed by atoms with Gasteiger partial charge in [0.1, 0.15) is 5.52 Å². The highest BCUT2D eigenvalue weighted by Crippen LogP contribution is 2.11. The van der Waals surface area contributed by atoms with Crippen LogP contribution in [0, 0.1) is 13.8 Å². The van der Waals surface area contributed by atoms with Gasteiger partial charge in [-0.1, -0.05) is 0 Å². The first kappa shape index (κ1) is 7.16. The van der Waals surface area contributed by atoms with E-state index in [2.05, 4.69) is 15.0 Å². The molecule has 60 valence electrons. The van der Waals surface area contributed by atoms with Crippen LogP contribution in [0.5, 0.6) is 0 Å². The predicted octanol–water partition coefficient (Wildman–Crippen LogP) is 1.64. The summed E-state index contributed by atoms with van der Waals surface area (Å²) >= 11 is 0. The minimum Gasteiger partial charge on any atom is -0.262 e. The van der Waals surface area contributed by atoms with Gasteiger partial charge in [0.05, 0.1) is 17.4 Å². The van der Waals surface area contributed by atoms with E-state index in [-0.39, 0.29) is 0 Å². The topological polar surface area (TPSA) is 38.7 Å². The van der Waals surface area contributed by atoms with Crippen molar-refractivity contribution in [1.29, 1.82) is 0 Å². The van der Waals surface area contributed by atoms with Gasteiger partial charge in [0.25, 0.3) is 0 Å². The molecule has 0 aliphatic carbocycles. The zero-order valence-corrected chi connectivity index (χ0v) is 7.07. The Labute approximate surface area is 70.5 Å². The first-order valence-electron chi connectivity index (χ1n) is 3.81. The Balaban J connectivity index is 2.88. The van der Waals surface area contributed by atoms with Crippen LogP contribution in [0.1, 0.15) is 11.3 Å². The third-order valence-corrected chi connectivity index (χ3v) is 1.76. The van der Waals surface area contributed by atoms with E-state index in [9.17, 15) is 0 Å². The molecule has 0 bridgehead atoms. The van der Waals surface area contributed by atoms with Crippen molar-refractivity contribution in [2.45, 2.75) is 13.8 Å². The second-order valence-electron chi connectivity index (χ2n) is 2.84. The molecule has 0 fully saturated rings. The summed E-state index contributed by atoms with van der Waals surface area (Å²) in [6, 6.07) is 0. The van der Waals surface area contributed by atoms with Crippen LogP contribution in [0.4, 0.5) is 0 Å². The van der Waals surface area contributed by atoms with Crippen molar-refractivity contribution >= 4 is 11.0 Å². The van der Waals surface area contributed by atoms with Crippen LogP contribution in [-0.2, 0) is 0 Å². The molecule has 0 unspecified atom stereocenters. The minimum atomic E-state index is 0.862. The van der Waals surface area contributed by atoms with Crippen molar-refractivity contribution in [2.75, 3.05) is 0 Å². The van der Waals surface area contributed by atoms with Gasteiger partial charge in [0.2, 0.25) is 0 Å². The maximum atomic E-state index is 4.37. The van der Waals surface area contributed by atoms with E-state index in [1.807, 2.05) is 13.8 Å². The molecular formula is C9H9N3.